The minimum atomic E-state index is 0.0843. The summed E-state index contributed by atoms with van der Waals surface area (Å²) in [5.41, 5.74) is 0.0843. The molecule has 0 aliphatic rings. The van der Waals surface area contributed by atoms with Crippen LogP contribution in [0.1, 0.15) is 46.5 Å². The van der Waals surface area contributed by atoms with Gasteiger partial charge in [-0.15, -0.1) is 0 Å². The predicted octanol–water partition coefficient (Wildman–Crippen LogP) is 2.52. The van der Waals surface area contributed by atoms with Crippen LogP contribution in [0, 0.1) is 5.41 Å². The van der Waals surface area contributed by atoms with Gasteiger partial charge in [0.25, 0.3) is 0 Å². The molecule has 0 aromatic rings. The molecule has 0 radical (unpaired) electrons. The summed E-state index contributed by atoms with van der Waals surface area (Å²) in [5.74, 6) is 0. The third-order valence-electron chi connectivity index (χ3n) is 3.03. The highest BCUT2D eigenvalue weighted by Crippen LogP contribution is 2.21. The number of hydrogen-bond donors (Lipinski definition) is 1. The smallest absolute Gasteiger partial charge is 0.0496 e. The van der Waals surface area contributed by atoms with Crippen LogP contribution in [0.2, 0.25) is 0 Å². The van der Waals surface area contributed by atoms with Gasteiger partial charge in [0.2, 0.25) is 0 Å². The van der Waals surface area contributed by atoms with Gasteiger partial charge < -0.3 is 10.0 Å². The second kappa shape index (κ2) is 7.24. The topological polar surface area (TPSA) is 23.5 Å². The van der Waals surface area contributed by atoms with Crippen molar-refractivity contribution in [3.63, 3.8) is 0 Å². The lowest BCUT2D eigenvalue weighted by Gasteiger charge is -2.31. The molecule has 86 valence electrons. The van der Waals surface area contributed by atoms with Crippen molar-refractivity contribution in [1.29, 1.82) is 0 Å². The Hall–Kier alpha value is -0.0800. The van der Waals surface area contributed by atoms with Crippen molar-refractivity contribution in [1.82, 2.24) is 4.90 Å². The normalized spacial score (nSPS) is 15.9. The van der Waals surface area contributed by atoms with Crippen LogP contribution in [0.4, 0.5) is 0 Å². The summed E-state index contributed by atoms with van der Waals surface area (Å²) >= 11 is 0. The molecule has 0 heterocycles. The Morgan fingerprint density at radius 1 is 1.21 bits per heavy atom. The van der Waals surface area contributed by atoms with E-state index in [-0.39, 0.29) is 5.41 Å². The molecule has 0 aliphatic heterocycles. The summed E-state index contributed by atoms with van der Waals surface area (Å²) in [6.45, 7) is 8.98. The molecule has 0 rings (SSSR count). The predicted molar refractivity (Wildman–Crippen MR) is 62.5 cm³/mol. The lowest BCUT2D eigenvalue weighted by atomic mass is 9.88. The second-order valence-corrected chi connectivity index (χ2v) is 4.77. The van der Waals surface area contributed by atoms with E-state index in [4.69, 9.17) is 0 Å². The van der Waals surface area contributed by atoms with E-state index in [2.05, 4.69) is 32.7 Å². The average molecular weight is 201 g/mol. The maximum atomic E-state index is 9.28. The maximum Gasteiger partial charge on any atom is 0.0496 e. The van der Waals surface area contributed by atoms with Crippen molar-refractivity contribution >= 4 is 0 Å². The van der Waals surface area contributed by atoms with Crippen LogP contribution in [0.3, 0.4) is 0 Å². The SMILES string of the molecule is CCCCCN(C)CC(C)(CC)CO. The molecule has 1 N–H and O–H groups in total. The fourth-order valence-electron chi connectivity index (χ4n) is 1.64. The first-order valence-corrected chi connectivity index (χ1v) is 5.87. The molecule has 0 aromatic heterocycles. The van der Waals surface area contributed by atoms with E-state index in [0.29, 0.717) is 6.61 Å². The van der Waals surface area contributed by atoms with Gasteiger partial charge >= 0.3 is 0 Å². The number of unbranched alkanes of at least 4 members (excludes halogenated alkanes) is 2. The van der Waals surface area contributed by atoms with Crippen molar-refractivity contribution in [3.8, 4) is 0 Å². The van der Waals surface area contributed by atoms with E-state index in [1.54, 1.807) is 0 Å². The molecule has 0 saturated heterocycles. The van der Waals surface area contributed by atoms with Crippen molar-refractivity contribution in [2.45, 2.75) is 46.5 Å². The van der Waals surface area contributed by atoms with Gasteiger partial charge in [-0.2, -0.15) is 0 Å². The summed E-state index contributed by atoms with van der Waals surface area (Å²) in [6, 6.07) is 0. The molecule has 14 heavy (non-hydrogen) atoms. The van der Waals surface area contributed by atoms with Crippen LogP contribution in [0.15, 0.2) is 0 Å². The zero-order valence-corrected chi connectivity index (χ0v) is 10.3. The first kappa shape index (κ1) is 13.9. The number of aliphatic hydroxyl groups is 1. The van der Waals surface area contributed by atoms with Gasteiger partial charge in [0.1, 0.15) is 0 Å². The molecule has 0 amide bonds. The van der Waals surface area contributed by atoms with Crippen molar-refractivity contribution < 1.29 is 5.11 Å². The van der Waals surface area contributed by atoms with Crippen molar-refractivity contribution in [2.75, 3.05) is 26.7 Å². The maximum absolute atomic E-state index is 9.28. The number of hydrogen-bond acceptors (Lipinski definition) is 2. The molecule has 0 bridgehead atoms. The van der Waals surface area contributed by atoms with E-state index in [1.807, 2.05) is 0 Å². The summed E-state index contributed by atoms with van der Waals surface area (Å²) in [5, 5.41) is 9.28. The summed E-state index contributed by atoms with van der Waals surface area (Å²) in [4.78, 5) is 2.34. The monoisotopic (exact) mass is 201 g/mol. The average Bonchev–Trinajstić information content (AvgIpc) is 2.18. The van der Waals surface area contributed by atoms with Crippen LogP contribution in [-0.4, -0.2) is 36.8 Å². The van der Waals surface area contributed by atoms with Crippen LogP contribution < -0.4 is 0 Å². The highest BCUT2D eigenvalue weighted by molar-refractivity contribution is 4.74. The molecule has 2 heteroatoms. The lowest BCUT2D eigenvalue weighted by molar-refractivity contribution is 0.0949. The Morgan fingerprint density at radius 2 is 1.86 bits per heavy atom. The minimum Gasteiger partial charge on any atom is -0.396 e. The molecule has 1 atom stereocenters. The van der Waals surface area contributed by atoms with Crippen LogP contribution in [-0.2, 0) is 0 Å². The molecule has 1 unspecified atom stereocenters. The van der Waals surface area contributed by atoms with Crippen molar-refractivity contribution in [3.05, 3.63) is 0 Å². The highest BCUT2D eigenvalue weighted by atomic mass is 16.3. The molecule has 0 saturated carbocycles. The molecule has 0 spiro atoms. The van der Waals surface area contributed by atoms with Gasteiger partial charge in [-0.25, -0.2) is 0 Å². The van der Waals surface area contributed by atoms with Gasteiger partial charge in [-0.1, -0.05) is 33.6 Å². The fraction of sp³-hybridized carbons (Fsp3) is 1.00. The number of aliphatic hydroxyl groups excluding tert-OH is 1. The lowest BCUT2D eigenvalue weighted by Crippen LogP contribution is -2.36. The Kier molecular flexibility index (Phi) is 7.20. The second-order valence-electron chi connectivity index (χ2n) is 4.77. The molecular formula is C12H27NO. The standard InChI is InChI=1S/C12H27NO/c1-5-7-8-9-13(4)10-12(3,6-2)11-14/h14H,5-11H2,1-4H3. The molecule has 0 aromatic carbocycles. The van der Waals surface area contributed by atoms with Crippen LogP contribution in [0.5, 0.6) is 0 Å². The minimum absolute atomic E-state index is 0.0843. The molecule has 0 aliphatic carbocycles. The zero-order chi connectivity index (χ0) is 11.0. The van der Waals surface area contributed by atoms with Crippen molar-refractivity contribution in [2.24, 2.45) is 5.41 Å². The number of nitrogens with zero attached hydrogens (tertiary/aromatic N) is 1. The molecule has 2 nitrogen and oxygen atoms in total. The third kappa shape index (κ3) is 5.61. The summed E-state index contributed by atoms with van der Waals surface area (Å²) < 4.78 is 0. The van der Waals surface area contributed by atoms with Crippen LogP contribution in [0.25, 0.3) is 0 Å². The Balaban J connectivity index is 3.73. The van der Waals surface area contributed by atoms with E-state index >= 15 is 0 Å². The van der Waals surface area contributed by atoms with E-state index in [1.165, 1.54) is 19.3 Å². The first-order chi connectivity index (χ1) is 6.58. The zero-order valence-electron chi connectivity index (χ0n) is 10.3. The largest absolute Gasteiger partial charge is 0.396 e. The van der Waals surface area contributed by atoms with Crippen LogP contribution >= 0.6 is 0 Å². The van der Waals surface area contributed by atoms with Gasteiger partial charge in [-0.3, -0.25) is 0 Å². The summed E-state index contributed by atoms with van der Waals surface area (Å²) in [7, 11) is 2.15. The summed E-state index contributed by atoms with van der Waals surface area (Å²) in [6.07, 6.45) is 4.91. The van der Waals surface area contributed by atoms with E-state index < -0.39 is 0 Å². The first-order valence-electron chi connectivity index (χ1n) is 5.87. The molecular weight excluding hydrogens is 174 g/mol. The van der Waals surface area contributed by atoms with Gasteiger partial charge in [0, 0.05) is 18.6 Å². The van der Waals surface area contributed by atoms with E-state index in [0.717, 1.165) is 19.5 Å². The Morgan fingerprint density at radius 3 is 2.29 bits per heavy atom. The third-order valence-corrected chi connectivity index (χ3v) is 3.03. The number of rotatable bonds is 8. The quantitative estimate of drug-likeness (QED) is 0.610. The van der Waals surface area contributed by atoms with E-state index in [9.17, 15) is 5.11 Å². The van der Waals surface area contributed by atoms with Gasteiger partial charge in [0.15, 0.2) is 0 Å². The highest BCUT2D eigenvalue weighted by Gasteiger charge is 2.22. The fourth-order valence-corrected chi connectivity index (χ4v) is 1.64. The Labute approximate surface area is 89.3 Å². The molecule has 0 fully saturated rings. The Bertz CT molecular complexity index is 132. The van der Waals surface area contributed by atoms with Gasteiger partial charge in [-0.05, 0) is 26.4 Å². The van der Waals surface area contributed by atoms with Gasteiger partial charge in [0.05, 0.1) is 0 Å².